The number of carbonyl (C=O) groups is 1. The zero-order valence-electron chi connectivity index (χ0n) is 5.22. The Hall–Kier alpha value is -1.03. The number of anilines is 1. The summed E-state index contributed by atoms with van der Waals surface area (Å²) in [5.41, 5.74) is 5.78. The van der Waals surface area contributed by atoms with Crippen molar-refractivity contribution in [1.82, 2.24) is 5.16 Å². The number of nitrogens with zero attached hydrogens (tertiary/aromatic N) is 1. The molecule has 0 radical (unpaired) electrons. The van der Waals surface area contributed by atoms with Gasteiger partial charge in [-0.2, -0.15) is 0 Å². The van der Waals surface area contributed by atoms with E-state index in [-0.39, 0.29) is 11.4 Å². The smallest absolute Gasteiger partial charge is 0.259 e. The van der Waals surface area contributed by atoms with Gasteiger partial charge in [0.25, 0.3) is 5.24 Å². The molecule has 0 unspecified atom stereocenters. The number of aromatic nitrogens is 1. The van der Waals surface area contributed by atoms with E-state index in [9.17, 15) is 4.79 Å². The van der Waals surface area contributed by atoms with Gasteiger partial charge in [-0.1, -0.05) is 5.16 Å². The second kappa shape index (κ2) is 2.30. The highest BCUT2D eigenvalue weighted by Crippen LogP contribution is 2.16. The third kappa shape index (κ3) is 0.974. The normalized spacial score (nSPS) is 9.80. The third-order valence-electron chi connectivity index (χ3n) is 1.09. The van der Waals surface area contributed by atoms with E-state index in [4.69, 9.17) is 17.3 Å². The maximum Gasteiger partial charge on any atom is 0.259 e. The first-order valence-corrected chi connectivity index (χ1v) is 2.92. The summed E-state index contributed by atoms with van der Waals surface area (Å²) < 4.78 is 4.48. The molecular weight excluding hydrogens is 156 g/mol. The second-order valence-electron chi connectivity index (χ2n) is 1.78. The zero-order valence-corrected chi connectivity index (χ0v) is 5.97. The van der Waals surface area contributed by atoms with Crippen molar-refractivity contribution in [2.45, 2.75) is 6.92 Å². The van der Waals surface area contributed by atoms with Crippen molar-refractivity contribution in [3.05, 3.63) is 11.3 Å². The van der Waals surface area contributed by atoms with E-state index in [1.807, 2.05) is 0 Å². The van der Waals surface area contributed by atoms with Gasteiger partial charge in [0, 0.05) is 0 Å². The molecule has 0 aliphatic rings. The molecule has 1 rings (SSSR count). The fraction of sp³-hybridized carbons (Fsp3) is 0.200. The number of nitrogens with two attached hydrogens (primary N) is 1. The fourth-order valence-corrected chi connectivity index (χ4v) is 0.856. The molecule has 54 valence electrons. The number of rotatable bonds is 1. The van der Waals surface area contributed by atoms with E-state index in [1.165, 1.54) is 0 Å². The van der Waals surface area contributed by atoms with Crippen molar-refractivity contribution in [2.75, 3.05) is 5.73 Å². The lowest BCUT2D eigenvalue weighted by Gasteiger charge is -1.85. The molecule has 0 saturated carbocycles. The first kappa shape index (κ1) is 7.08. The molecule has 0 bridgehead atoms. The largest absolute Gasteiger partial charge is 0.367 e. The van der Waals surface area contributed by atoms with Gasteiger partial charge in [-0.15, -0.1) is 0 Å². The Morgan fingerprint density at radius 2 is 2.40 bits per heavy atom. The molecule has 0 saturated heterocycles. The van der Waals surface area contributed by atoms with Gasteiger partial charge in [0.15, 0.2) is 0 Å². The third-order valence-corrected chi connectivity index (χ3v) is 1.27. The van der Waals surface area contributed by atoms with Crippen molar-refractivity contribution in [3.63, 3.8) is 0 Å². The molecule has 4 nitrogen and oxygen atoms in total. The van der Waals surface area contributed by atoms with Crippen molar-refractivity contribution >= 4 is 22.7 Å². The average molecular weight is 161 g/mol. The van der Waals surface area contributed by atoms with Crippen LogP contribution in [-0.2, 0) is 0 Å². The number of carbonyl (C=O) groups excluding carboxylic acids is 1. The van der Waals surface area contributed by atoms with Crippen molar-refractivity contribution in [1.29, 1.82) is 0 Å². The molecular formula is C5H5ClN2O2. The van der Waals surface area contributed by atoms with E-state index < -0.39 is 5.24 Å². The van der Waals surface area contributed by atoms with Crippen LogP contribution in [0.25, 0.3) is 0 Å². The van der Waals surface area contributed by atoms with Gasteiger partial charge in [-0.05, 0) is 18.5 Å². The lowest BCUT2D eigenvalue weighted by Crippen LogP contribution is -1.94. The Balaban J connectivity index is 3.23. The number of halogens is 1. The highest BCUT2D eigenvalue weighted by Gasteiger charge is 2.15. The summed E-state index contributed by atoms with van der Waals surface area (Å²) in [6.07, 6.45) is 0. The summed E-state index contributed by atoms with van der Waals surface area (Å²) in [6.45, 7) is 1.59. The van der Waals surface area contributed by atoms with Crippen LogP contribution in [0.15, 0.2) is 4.52 Å². The summed E-state index contributed by atoms with van der Waals surface area (Å²) >= 11 is 5.14. The summed E-state index contributed by atoms with van der Waals surface area (Å²) in [5.74, 6) is -0.0301. The van der Waals surface area contributed by atoms with E-state index in [1.54, 1.807) is 6.92 Å². The van der Waals surface area contributed by atoms with Crippen LogP contribution in [0.5, 0.6) is 0 Å². The SMILES string of the molecule is Cc1noc(N)c1C(=O)Cl. The molecule has 1 aromatic rings. The monoisotopic (exact) mass is 160 g/mol. The first-order chi connectivity index (χ1) is 4.63. The molecule has 10 heavy (non-hydrogen) atoms. The Morgan fingerprint density at radius 1 is 1.80 bits per heavy atom. The lowest BCUT2D eigenvalue weighted by atomic mass is 10.3. The lowest BCUT2D eigenvalue weighted by molar-refractivity contribution is 0.108. The molecule has 2 N–H and O–H groups in total. The molecule has 0 fully saturated rings. The summed E-state index contributed by atoms with van der Waals surface area (Å²) in [7, 11) is 0. The van der Waals surface area contributed by atoms with Gasteiger partial charge in [-0.25, -0.2) is 0 Å². The second-order valence-corrected chi connectivity index (χ2v) is 2.12. The van der Waals surface area contributed by atoms with E-state index in [2.05, 4.69) is 9.68 Å². The molecule has 1 heterocycles. The number of aryl methyl sites for hydroxylation is 1. The van der Waals surface area contributed by atoms with Crippen molar-refractivity contribution < 1.29 is 9.32 Å². The van der Waals surface area contributed by atoms with Gasteiger partial charge in [-0.3, -0.25) is 4.79 Å². The maximum absolute atomic E-state index is 10.5. The standard InChI is InChI=1S/C5H5ClN2O2/c1-2-3(4(6)9)5(7)10-8-2/h7H2,1H3. The highest BCUT2D eigenvalue weighted by atomic mass is 35.5. The van der Waals surface area contributed by atoms with Gasteiger partial charge in [0.1, 0.15) is 5.56 Å². The maximum atomic E-state index is 10.5. The Bertz CT molecular complexity index is 249. The minimum Gasteiger partial charge on any atom is -0.367 e. The predicted molar refractivity (Wildman–Crippen MR) is 35.8 cm³/mol. The molecule has 0 amide bonds. The zero-order chi connectivity index (χ0) is 7.72. The van der Waals surface area contributed by atoms with Crippen LogP contribution in [-0.4, -0.2) is 10.4 Å². The summed E-state index contributed by atoms with van der Waals surface area (Å²) in [6, 6.07) is 0. The molecule has 0 aliphatic carbocycles. The van der Waals surface area contributed by atoms with Gasteiger partial charge < -0.3 is 10.3 Å². The van der Waals surface area contributed by atoms with Gasteiger partial charge in [0.2, 0.25) is 5.88 Å². The minimum absolute atomic E-state index is 0.0301. The molecule has 1 aromatic heterocycles. The first-order valence-electron chi connectivity index (χ1n) is 2.54. The number of hydrogen-bond donors (Lipinski definition) is 1. The quantitative estimate of drug-likeness (QED) is 0.621. The number of hydrogen-bond acceptors (Lipinski definition) is 4. The summed E-state index contributed by atoms with van der Waals surface area (Å²) in [5, 5.41) is 2.79. The van der Waals surface area contributed by atoms with Crippen LogP contribution in [0.3, 0.4) is 0 Å². The fourth-order valence-electron chi connectivity index (χ4n) is 0.626. The van der Waals surface area contributed by atoms with E-state index in [0.717, 1.165) is 0 Å². The number of nitrogen functional groups attached to an aromatic ring is 1. The Kier molecular flexibility index (Phi) is 1.63. The Labute approximate surface area is 61.9 Å². The molecule has 5 heteroatoms. The van der Waals surface area contributed by atoms with Crippen LogP contribution < -0.4 is 5.73 Å². The molecule has 0 aromatic carbocycles. The molecule has 0 aliphatic heterocycles. The molecule has 0 spiro atoms. The van der Waals surface area contributed by atoms with Crippen LogP contribution in [0.4, 0.5) is 5.88 Å². The van der Waals surface area contributed by atoms with Crippen LogP contribution in [0.1, 0.15) is 16.1 Å². The van der Waals surface area contributed by atoms with Crippen LogP contribution in [0.2, 0.25) is 0 Å². The predicted octanol–water partition coefficient (Wildman–Crippen LogP) is 0.944. The van der Waals surface area contributed by atoms with Gasteiger partial charge in [0.05, 0.1) is 5.69 Å². The van der Waals surface area contributed by atoms with Gasteiger partial charge >= 0.3 is 0 Å². The minimum atomic E-state index is -0.642. The molecule has 0 atom stereocenters. The average Bonchev–Trinajstić information content (AvgIpc) is 2.11. The van der Waals surface area contributed by atoms with Crippen molar-refractivity contribution in [3.8, 4) is 0 Å². The van der Waals surface area contributed by atoms with Crippen LogP contribution >= 0.6 is 11.6 Å². The van der Waals surface area contributed by atoms with E-state index in [0.29, 0.717) is 5.69 Å². The topological polar surface area (TPSA) is 69.1 Å². The van der Waals surface area contributed by atoms with E-state index >= 15 is 0 Å². The Morgan fingerprint density at radius 3 is 2.60 bits per heavy atom. The summed E-state index contributed by atoms with van der Waals surface area (Å²) in [4.78, 5) is 10.5. The van der Waals surface area contributed by atoms with Crippen LogP contribution in [0, 0.1) is 6.92 Å². The highest BCUT2D eigenvalue weighted by molar-refractivity contribution is 6.68. The van der Waals surface area contributed by atoms with Crippen molar-refractivity contribution in [2.24, 2.45) is 0 Å².